The highest BCUT2D eigenvalue weighted by molar-refractivity contribution is 5.97. The van der Waals surface area contributed by atoms with Crippen molar-refractivity contribution in [3.63, 3.8) is 0 Å². The van der Waals surface area contributed by atoms with Crippen molar-refractivity contribution in [3.8, 4) is 0 Å². The van der Waals surface area contributed by atoms with E-state index in [1.54, 1.807) is 4.90 Å². The van der Waals surface area contributed by atoms with Crippen molar-refractivity contribution in [3.05, 3.63) is 29.8 Å². The fourth-order valence-electron chi connectivity index (χ4n) is 3.34. The molecule has 0 bridgehead atoms. The molecule has 21 heavy (non-hydrogen) atoms. The number of carbonyl (C=O) groups is 2. The van der Waals surface area contributed by atoms with Crippen LogP contribution in [0.15, 0.2) is 24.3 Å². The number of hydrogen-bond donors (Lipinski definition) is 1. The molecule has 0 saturated carbocycles. The number of benzene rings is 1. The van der Waals surface area contributed by atoms with E-state index in [4.69, 9.17) is 5.73 Å². The van der Waals surface area contributed by atoms with E-state index < -0.39 is 0 Å². The molecule has 0 radical (unpaired) electrons. The summed E-state index contributed by atoms with van der Waals surface area (Å²) < 4.78 is 0. The first-order chi connectivity index (χ1) is 10.2. The lowest BCUT2D eigenvalue weighted by molar-refractivity contribution is -0.127. The van der Waals surface area contributed by atoms with Crippen LogP contribution in [0.3, 0.4) is 0 Å². The fraction of sp³-hybridized carbons (Fsp3) is 0.500. The number of anilines is 1. The van der Waals surface area contributed by atoms with E-state index in [0.29, 0.717) is 18.9 Å². The van der Waals surface area contributed by atoms with Gasteiger partial charge in [-0.1, -0.05) is 18.2 Å². The van der Waals surface area contributed by atoms with Gasteiger partial charge in [-0.25, -0.2) is 0 Å². The minimum atomic E-state index is -0.0396. The Labute approximate surface area is 124 Å². The monoisotopic (exact) mass is 287 g/mol. The Hall–Kier alpha value is -1.88. The van der Waals surface area contributed by atoms with Crippen molar-refractivity contribution >= 4 is 17.5 Å². The molecule has 0 aromatic heterocycles. The van der Waals surface area contributed by atoms with Crippen molar-refractivity contribution in [2.24, 2.45) is 5.73 Å². The largest absolute Gasteiger partial charge is 0.343 e. The van der Waals surface area contributed by atoms with Gasteiger partial charge in [0.15, 0.2) is 0 Å². The molecule has 2 amide bonds. The molecule has 1 aromatic rings. The van der Waals surface area contributed by atoms with Gasteiger partial charge in [0.05, 0.1) is 6.54 Å². The molecule has 0 unspecified atom stereocenters. The molecule has 0 aliphatic carbocycles. The third-order valence-corrected chi connectivity index (χ3v) is 4.46. The zero-order chi connectivity index (χ0) is 14.8. The number of nitrogens with two attached hydrogens (primary N) is 1. The van der Waals surface area contributed by atoms with Gasteiger partial charge < -0.3 is 15.5 Å². The molecule has 112 valence electrons. The first-order valence-corrected chi connectivity index (χ1v) is 7.58. The van der Waals surface area contributed by atoms with Crippen LogP contribution in [-0.2, 0) is 9.59 Å². The van der Waals surface area contributed by atoms with Crippen LogP contribution >= 0.6 is 0 Å². The van der Waals surface area contributed by atoms with E-state index in [0.717, 1.165) is 31.6 Å². The highest BCUT2D eigenvalue weighted by atomic mass is 16.2. The maximum absolute atomic E-state index is 12.0. The van der Waals surface area contributed by atoms with Crippen molar-refractivity contribution in [1.29, 1.82) is 0 Å². The number of carbonyl (C=O) groups excluding carboxylic acids is 2. The summed E-state index contributed by atoms with van der Waals surface area (Å²) in [5.41, 5.74) is 7.68. The van der Waals surface area contributed by atoms with Gasteiger partial charge in [-0.05, 0) is 24.5 Å². The molecule has 3 rings (SSSR count). The minimum absolute atomic E-state index is 0.0334. The third kappa shape index (κ3) is 2.65. The molecule has 2 aliphatic heterocycles. The summed E-state index contributed by atoms with van der Waals surface area (Å²) in [6, 6.07) is 8.00. The fourth-order valence-corrected chi connectivity index (χ4v) is 3.34. The molecule has 1 saturated heterocycles. The number of rotatable bonds is 4. The lowest BCUT2D eigenvalue weighted by Crippen LogP contribution is -2.35. The van der Waals surface area contributed by atoms with Gasteiger partial charge in [0.25, 0.3) is 0 Å². The summed E-state index contributed by atoms with van der Waals surface area (Å²) >= 11 is 0. The summed E-state index contributed by atoms with van der Waals surface area (Å²) in [5, 5.41) is 0. The molecular weight excluding hydrogens is 266 g/mol. The van der Waals surface area contributed by atoms with Gasteiger partial charge in [0.1, 0.15) is 0 Å². The predicted molar refractivity (Wildman–Crippen MR) is 81.0 cm³/mol. The first-order valence-electron chi connectivity index (χ1n) is 7.58. The Morgan fingerprint density at radius 1 is 1.33 bits per heavy atom. The van der Waals surface area contributed by atoms with Gasteiger partial charge in [0, 0.05) is 37.7 Å². The quantitative estimate of drug-likeness (QED) is 0.901. The van der Waals surface area contributed by atoms with Crippen LogP contribution in [-0.4, -0.2) is 42.9 Å². The van der Waals surface area contributed by atoms with Gasteiger partial charge in [-0.3, -0.25) is 9.59 Å². The van der Waals surface area contributed by atoms with Crippen LogP contribution in [0.1, 0.15) is 30.7 Å². The average Bonchev–Trinajstić information content (AvgIpc) is 3.08. The first kappa shape index (κ1) is 14.1. The Kier molecular flexibility index (Phi) is 3.92. The van der Waals surface area contributed by atoms with Crippen LogP contribution < -0.4 is 10.6 Å². The molecule has 1 aromatic carbocycles. The minimum Gasteiger partial charge on any atom is -0.343 e. The van der Waals surface area contributed by atoms with E-state index in [2.05, 4.69) is 6.07 Å². The van der Waals surface area contributed by atoms with Crippen LogP contribution in [0.25, 0.3) is 0 Å². The Morgan fingerprint density at radius 3 is 2.86 bits per heavy atom. The maximum atomic E-state index is 12.0. The second kappa shape index (κ2) is 5.85. The van der Waals surface area contributed by atoms with Crippen LogP contribution in [0.5, 0.6) is 0 Å². The van der Waals surface area contributed by atoms with E-state index in [-0.39, 0.29) is 18.4 Å². The van der Waals surface area contributed by atoms with Crippen LogP contribution in [0.4, 0.5) is 5.69 Å². The molecule has 2 heterocycles. The zero-order valence-electron chi connectivity index (χ0n) is 12.1. The zero-order valence-corrected chi connectivity index (χ0v) is 12.1. The molecule has 1 atom stereocenters. The molecule has 2 aliphatic rings. The highest BCUT2D eigenvalue weighted by Crippen LogP contribution is 2.38. The second-order valence-corrected chi connectivity index (χ2v) is 5.74. The summed E-state index contributed by atoms with van der Waals surface area (Å²) in [6.07, 6.45) is 2.55. The van der Waals surface area contributed by atoms with Crippen molar-refractivity contribution in [2.45, 2.75) is 25.2 Å². The lowest BCUT2D eigenvalue weighted by Gasteiger charge is -2.19. The van der Waals surface area contributed by atoms with Crippen LogP contribution in [0.2, 0.25) is 0 Å². The lowest BCUT2D eigenvalue weighted by atomic mass is 9.98. The smallest absolute Gasteiger partial charge is 0.240 e. The normalized spacial score (nSPS) is 21.0. The van der Waals surface area contributed by atoms with Crippen LogP contribution in [0, 0.1) is 0 Å². The van der Waals surface area contributed by atoms with Crippen molar-refractivity contribution in [2.75, 3.05) is 31.1 Å². The number of nitrogens with zero attached hydrogens (tertiary/aromatic N) is 2. The average molecular weight is 287 g/mol. The van der Waals surface area contributed by atoms with E-state index >= 15 is 0 Å². The van der Waals surface area contributed by atoms with E-state index in [1.165, 1.54) is 5.56 Å². The van der Waals surface area contributed by atoms with E-state index in [9.17, 15) is 9.59 Å². The number of amides is 2. The summed E-state index contributed by atoms with van der Waals surface area (Å²) in [7, 11) is 0. The Morgan fingerprint density at radius 2 is 2.14 bits per heavy atom. The maximum Gasteiger partial charge on any atom is 0.240 e. The predicted octanol–water partition coefficient (Wildman–Crippen LogP) is 1.09. The molecule has 1 fully saturated rings. The SMILES string of the molecule is NCC(=O)N1C[C@H](CCN2CCCC2=O)c2ccccc21. The number of fused-ring (bicyclic) bond motifs is 1. The van der Waals surface area contributed by atoms with Gasteiger partial charge in [-0.15, -0.1) is 0 Å². The molecule has 2 N–H and O–H groups in total. The number of hydrogen-bond acceptors (Lipinski definition) is 3. The van der Waals surface area contributed by atoms with E-state index in [1.807, 2.05) is 23.1 Å². The molecule has 0 spiro atoms. The highest BCUT2D eigenvalue weighted by Gasteiger charge is 2.32. The number of para-hydroxylation sites is 1. The summed E-state index contributed by atoms with van der Waals surface area (Å²) in [6.45, 7) is 2.37. The topological polar surface area (TPSA) is 66.6 Å². The standard InChI is InChI=1S/C16H21N3O2/c17-10-16(21)19-11-12(13-4-1-2-5-14(13)19)7-9-18-8-3-6-15(18)20/h1-2,4-5,12H,3,6-11,17H2/t12-/m0/s1. The molecular formula is C16H21N3O2. The second-order valence-electron chi connectivity index (χ2n) is 5.74. The van der Waals surface area contributed by atoms with Gasteiger partial charge in [0.2, 0.25) is 11.8 Å². The molecule has 5 nitrogen and oxygen atoms in total. The van der Waals surface area contributed by atoms with Gasteiger partial charge in [-0.2, -0.15) is 0 Å². The number of likely N-dealkylation sites (tertiary alicyclic amines) is 1. The third-order valence-electron chi connectivity index (χ3n) is 4.46. The van der Waals surface area contributed by atoms with Gasteiger partial charge >= 0.3 is 0 Å². The summed E-state index contributed by atoms with van der Waals surface area (Å²) in [5.74, 6) is 0.517. The Balaban J connectivity index is 1.72. The summed E-state index contributed by atoms with van der Waals surface area (Å²) in [4.78, 5) is 27.4. The molecule has 5 heteroatoms. The van der Waals surface area contributed by atoms with Crippen molar-refractivity contribution in [1.82, 2.24) is 4.90 Å². The van der Waals surface area contributed by atoms with Crippen molar-refractivity contribution < 1.29 is 9.59 Å². The Bertz CT molecular complexity index is 558.